The molecule has 4 heteroatoms. The molecule has 0 radical (unpaired) electrons. The highest BCUT2D eigenvalue weighted by Gasteiger charge is 2.07. The van der Waals surface area contributed by atoms with Gasteiger partial charge in [-0.25, -0.2) is 0 Å². The number of rotatable bonds is 7. The maximum atomic E-state index is 11.6. The first-order valence-electron chi connectivity index (χ1n) is 6.13. The molecule has 1 rings (SSSR count). The summed E-state index contributed by atoms with van der Waals surface area (Å²) in [5.74, 6) is 0.380. The Morgan fingerprint density at radius 1 is 1.50 bits per heavy atom. The molecule has 0 saturated heterocycles. The van der Waals surface area contributed by atoms with Crippen molar-refractivity contribution in [3.05, 3.63) is 29.8 Å². The summed E-state index contributed by atoms with van der Waals surface area (Å²) >= 11 is 0. The van der Waals surface area contributed by atoms with Gasteiger partial charge in [-0.2, -0.15) is 0 Å². The summed E-state index contributed by atoms with van der Waals surface area (Å²) in [5, 5.41) is 2.85. The third kappa shape index (κ3) is 4.99. The fourth-order valence-corrected chi connectivity index (χ4v) is 1.65. The highest BCUT2D eigenvalue weighted by Crippen LogP contribution is 2.11. The molecule has 1 aromatic rings. The minimum absolute atomic E-state index is 0.0314. The van der Waals surface area contributed by atoms with Gasteiger partial charge in [-0.05, 0) is 25.5 Å². The Balaban J connectivity index is 2.39. The van der Waals surface area contributed by atoms with Crippen LogP contribution in [0.3, 0.4) is 0 Å². The summed E-state index contributed by atoms with van der Waals surface area (Å²) in [7, 11) is 0. The molecule has 0 aliphatic rings. The summed E-state index contributed by atoms with van der Waals surface area (Å²) in [5.41, 5.74) is 0.534. The summed E-state index contributed by atoms with van der Waals surface area (Å²) in [6.07, 6.45) is 2.73. The lowest BCUT2D eigenvalue weighted by molar-refractivity contribution is -0.123. The van der Waals surface area contributed by atoms with Crippen LogP contribution in [0.15, 0.2) is 24.3 Å². The van der Waals surface area contributed by atoms with Crippen molar-refractivity contribution in [2.24, 2.45) is 0 Å². The molecule has 0 fully saturated rings. The summed E-state index contributed by atoms with van der Waals surface area (Å²) in [6, 6.07) is 6.89. The predicted octanol–water partition coefficient (Wildman–Crippen LogP) is 2.18. The highest BCUT2D eigenvalue weighted by molar-refractivity contribution is 5.78. The molecule has 1 aromatic carbocycles. The molecule has 18 heavy (non-hydrogen) atoms. The second-order valence-electron chi connectivity index (χ2n) is 4.24. The van der Waals surface area contributed by atoms with Gasteiger partial charge in [0.2, 0.25) is 0 Å². The minimum atomic E-state index is -0.146. The minimum Gasteiger partial charge on any atom is -0.484 e. The van der Waals surface area contributed by atoms with Crippen molar-refractivity contribution in [3.63, 3.8) is 0 Å². The zero-order valence-corrected chi connectivity index (χ0v) is 10.8. The summed E-state index contributed by atoms with van der Waals surface area (Å²) in [6.45, 7) is 4.01. The van der Waals surface area contributed by atoms with Gasteiger partial charge >= 0.3 is 0 Å². The van der Waals surface area contributed by atoms with Crippen LogP contribution in [0.2, 0.25) is 0 Å². The van der Waals surface area contributed by atoms with Gasteiger partial charge in [-0.3, -0.25) is 9.59 Å². The molecule has 1 atom stereocenters. The van der Waals surface area contributed by atoms with Crippen LogP contribution in [-0.4, -0.2) is 24.8 Å². The van der Waals surface area contributed by atoms with Gasteiger partial charge in [0.05, 0.1) is 0 Å². The van der Waals surface area contributed by atoms with E-state index in [2.05, 4.69) is 12.2 Å². The Bertz CT molecular complexity index is 404. The molecule has 1 amide bonds. The van der Waals surface area contributed by atoms with E-state index in [-0.39, 0.29) is 18.6 Å². The van der Waals surface area contributed by atoms with Crippen molar-refractivity contribution < 1.29 is 14.3 Å². The monoisotopic (exact) mass is 249 g/mol. The molecule has 0 aromatic heterocycles. The van der Waals surface area contributed by atoms with Gasteiger partial charge < -0.3 is 10.1 Å². The largest absolute Gasteiger partial charge is 0.484 e. The van der Waals surface area contributed by atoms with Gasteiger partial charge in [0.15, 0.2) is 6.61 Å². The first kappa shape index (κ1) is 14.2. The van der Waals surface area contributed by atoms with E-state index in [1.807, 2.05) is 6.92 Å². The normalized spacial score (nSPS) is 11.7. The number of carbonyl (C=O) groups excluding carboxylic acids is 2. The van der Waals surface area contributed by atoms with Crippen LogP contribution in [0.5, 0.6) is 5.75 Å². The molecular weight excluding hydrogens is 230 g/mol. The Hall–Kier alpha value is -1.84. The molecule has 0 aliphatic carbocycles. The lowest BCUT2D eigenvalue weighted by Crippen LogP contribution is -2.35. The van der Waals surface area contributed by atoms with Crippen LogP contribution in [0.1, 0.15) is 37.0 Å². The number of nitrogens with one attached hydrogen (secondary N) is 1. The Morgan fingerprint density at radius 3 is 2.94 bits per heavy atom. The van der Waals surface area contributed by atoms with Gasteiger partial charge in [0.1, 0.15) is 12.0 Å². The van der Waals surface area contributed by atoms with Gasteiger partial charge in [-0.1, -0.05) is 25.5 Å². The Labute approximate surface area is 107 Å². The van der Waals surface area contributed by atoms with E-state index in [0.29, 0.717) is 11.3 Å². The van der Waals surface area contributed by atoms with E-state index in [4.69, 9.17) is 4.74 Å². The molecule has 1 N–H and O–H groups in total. The van der Waals surface area contributed by atoms with E-state index in [1.165, 1.54) is 0 Å². The number of benzene rings is 1. The second-order valence-corrected chi connectivity index (χ2v) is 4.24. The fourth-order valence-electron chi connectivity index (χ4n) is 1.65. The second kappa shape index (κ2) is 7.48. The van der Waals surface area contributed by atoms with E-state index in [1.54, 1.807) is 24.3 Å². The zero-order chi connectivity index (χ0) is 13.4. The molecule has 98 valence electrons. The standard InChI is InChI=1S/C14H19NO3/c1-3-5-11(2)15-14(17)10-18-13-7-4-6-12(8-13)9-16/h4,6-9,11H,3,5,10H2,1-2H3,(H,15,17). The average molecular weight is 249 g/mol. The lowest BCUT2D eigenvalue weighted by Gasteiger charge is -2.13. The first-order chi connectivity index (χ1) is 8.65. The summed E-state index contributed by atoms with van der Waals surface area (Å²) < 4.78 is 5.32. The van der Waals surface area contributed by atoms with Crippen LogP contribution >= 0.6 is 0 Å². The molecule has 4 nitrogen and oxygen atoms in total. The van der Waals surface area contributed by atoms with Crippen LogP contribution < -0.4 is 10.1 Å². The number of hydrogen-bond acceptors (Lipinski definition) is 3. The third-order valence-corrected chi connectivity index (χ3v) is 2.49. The van der Waals surface area contributed by atoms with Crippen molar-refractivity contribution in [2.75, 3.05) is 6.61 Å². The molecule has 0 heterocycles. The Kier molecular flexibility index (Phi) is 5.91. The molecular formula is C14H19NO3. The molecule has 0 saturated carbocycles. The van der Waals surface area contributed by atoms with Crippen LogP contribution in [0, 0.1) is 0 Å². The van der Waals surface area contributed by atoms with Crippen molar-refractivity contribution >= 4 is 12.2 Å². The quantitative estimate of drug-likeness (QED) is 0.753. The van der Waals surface area contributed by atoms with E-state index < -0.39 is 0 Å². The van der Waals surface area contributed by atoms with Gasteiger partial charge in [0, 0.05) is 11.6 Å². The van der Waals surface area contributed by atoms with E-state index in [9.17, 15) is 9.59 Å². The van der Waals surface area contributed by atoms with Crippen molar-refractivity contribution in [1.82, 2.24) is 5.32 Å². The SMILES string of the molecule is CCCC(C)NC(=O)COc1cccc(C=O)c1. The van der Waals surface area contributed by atoms with Crippen LogP contribution in [0.4, 0.5) is 0 Å². The number of hydrogen-bond donors (Lipinski definition) is 1. The average Bonchev–Trinajstić information content (AvgIpc) is 2.37. The number of aldehydes is 1. The van der Waals surface area contributed by atoms with Gasteiger partial charge in [-0.15, -0.1) is 0 Å². The Morgan fingerprint density at radius 2 is 2.28 bits per heavy atom. The summed E-state index contributed by atoms with van der Waals surface area (Å²) in [4.78, 5) is 22.1. The molecule has 0 spiro atoms. The smallest absolute Gasteiger partial charge is 0.258 e. The molecule has 0 aliphatic heterocycles. The van der Waals surface area contributed by atoms with E-state index in [0.717, 1.165) is 19.1 Å². The lowest BCUT2D eigenvalue weighted by atomic mass is 10.2. The fraction of sp³-hybridized carbons (Fsp3) is 0.429. The third-order valence-electron chi connectivity index (χ3n) is 2.49. The number of ether oxygens (including phenoxy) is 1. The van der Waals surface area contributed by atoms with Crippen molar-refractivity contribution in [1.29, 1.82) is 0 Å². The van der Waals surface area contributed by atoms with Crippen molar-refractivity contribution in [2.45, 2.75) is 32.7 Å². The number of amides is 1. The highest BCUT2D eigenvalue weighted by atomic mass is 16.5. The van der Waals surface area contributed by atoms with Crippen molar-refractivity contribution in [3.8, 4) is 5.75 Å². The predicted molar refractivity (Wildman–Crippen MR) is 69.8 cm³/mol. The molecule has 0 bridgehead atoms. The maximum Gasteiger partial charge on any atom is 0.258 e. The zero-order valence-electron chi connectivity index (χ0n) is 10.8. The first-order valence-corrected chi connectivity index (χ1v) is 6.13. The molecule has 1 unspecified atom stereocenters. The van der Waals surface area contributed by atoms with Crippen LogP contribution in [0.25, 0.3) is 0 Å². The maximum absolute atomic E-state index is 11.6. The topological polar surface area (TPSA) is 55.4 Å². The number of carbonyl (C=O) groups is 2. The van der Waals surface area contributed by atoms with Crippen LogP contribution in [-0.2, 0) is 4.79 Å². The van der Waals surface area contributed by atoms with E-state index >= 15 is 0 Å². The van der Waals surface area contributed by atoms with Gasteiger partial charge in [0.25, 0.3) is 5.91 Å².